The lowest BCUT2D eigenvalue weighted by atomic mass is 9.96. The zero-order chi connectivity index (χ0) is 21.5. The van der Waals surface area contributed by atoms with Crippen LogP contribution in [0.1, 0.15) is 46.3 Å². The van der Waals surface area contributed by atoms with Crippen molar-refractivity contribution >= 4 is 16.9 Å². The van der Waals surface area contributed by atoms with Gasteiger partial charge in [0.15, 0.2) is 0 Å². The van der Waals surface area contributed by atoms with E-state index in [2.05, 4.69) is 10.1 Å². The number of rotatable bonds is 3. The summed E-state index contributed by atoms with van der Waals surface area (Å²) in [5.41, 5.74) is 4.77. The maximum absolute atomic E-state index is 13.5. The van der Waals surface area contributed by atoms with Crippen molar-refractivity contribution in [3.8, 4) is 5.69 Å². The highest BCUT2D eigenvalue weighted by molar-refractivity contribution is 5.96. The van der Waals surface area contributed by atoms with Gasteiger partial charge in [-0.3, -0.25) is 4.79 Å². The standard InChI is InChI=1S/C24H24FN5O/c1-15-22(16(2)30(28-15)19-11-9-18(25)10-12-19)24(31)29-13-5-6-17(14-29)23-26-20-7-3-4-8-21(20)27-23/h3-4,7-12,17H,5-6,13-14H2,1-2H3,(H,26,27). The van der Waals surface area contributed by atoms with E-state index < -0.39 is 0 Å². The first-order valence-corrected chi connectivity index (χ1v) is 10.6. The number of nitrogens with one attached hydrogen (secondary N) is 1. The molecule has 1 amide bonds. The third kappa shape index (κ3) is 3.50. The maximum Gasteiger partial charge on any atom is 0.257 e. The van der Waals surface area contributed by atoms with Crippen molar-refractivity contribution in [2.45, 2.75) is 32.6 Å². The number of aromatic nitrogens is 4. The summed E-state index contributed by atoms with van der Waals surface area (Å²) < 4.78 is 15.0. The number of amides is 1. The van der Waals surface area contributed by atoms with Crippen molar-refractivity contribution < 1.29 is 9.18 Å². The van der Waals surface area contributed by atoms with E-state index in [1.54, 1.807) is 16.8 Å². The predicted molar refractivity (Wildman–Crippen MR) is 117 cm³/mol. The van der Waals surface area contributed by atoms with Crippen LogP contribution in [0.15, 0.2) is 48.5 Å². The van der Waals surface area contributed by atoms with Crippen LogP contribution in [0.2, 0.25) is 0 Å². The molecule has 3 heterocycles. The Bertz CT molecular complexity index is 1220. The molecule has 0 spiro atoms. The highest BCUT2D eigenvalue weighted by Crippen LogP contribution is 2.29. The van der Waals surface area contributed by atoms with Crippen molar-refractivity contribution in [1.82, 2.24) is 24.6 Å². The van der Waals surface area contributed by atoms with Crippen molar-refractivity contribution in [3.63, 3.8) is 0 Å². The third-order valence-electron chi connectivity index (χ3n) is 6.08. The van der Waals surface area contributed by atoms with Crippen LogP contribution in [-0.4, -0.2) is 43.6 Å². The van der Waals surface area contributed by atoms with E-state index in [9.17, 15) is 9.18 Å². The zero-order valence-corrected chi connectivity index (χ0v) is 17.6. The first-order valence-electron chi connectivity index (χ1n) is 10.6. The van der Waals surface area contributed by atoms with E-state index in [-0.39, 0.29) is 17.6 Å². The Morgan fingerprint density at radius 3 is 2.68 bits per heavy atom. The molecule has 1 aliphatic heterocycles. The number of halogens is 1. The van der Waals surface area contributed by atoms with Gasteiger partial charge in [0.25, 0.3) is 5.91 Å². The number of carbonyl (C=O) groups excluding carboxylic acids is 1. The Labute approximate surface area is 179 Å². The first kappa shape index (κ1) is 19.5. The van der Waals surface area contributed by atoms with E-state index in [4.69, 9.17) is 4.98 Å². The van der Waals surface area contributed by atoms with Crippen molar-refractivity contribution in [3.05, 3.63) is 77.1 Å². The average Bonchev–Trinajstić information content (AvgIpc) is 3.35. The molecule has 1 unspecified atom stereocenters. The molecular formula is C24H24FN5O. The monoisotopic (exact) mass is 417 g/mol. The maximum atomic E-state index is 13.5. The van der Waals surface area contributed by atoms with Crippen LogP contribution in [0.25, 0.3) is 16.7 Å². The minimum atomic E-state index is -0.300. The molecule has 1 N–H and O–H groups in total. The summed E-state index contributed by atoms with van der Waals surface area (Å²) in [4.78, 5) is 23.6. The molecule has 1 aliphatic rings. The summed E-state index contributed by atoms with van der Waals surface area (Å²) in [5.74, 6) is 0.808. The fraction of sp³-hybridized carbons (Fsp3) is 0.292. The lowest BCUT2D eigenvalue weighted by Gasteiger charge is -2.32. The number of benzene rings is 2. The first-order chi connectivity index (χ1) is 15.0. The lowest BCUT2D eigenvalue weighted by Crippen LogP contribution is -2.39. The fourth-order valence-corrected chi connectivity index (χ4v) is 4.49. The summed E-state index contributed by atoms with van der Waals surface area (Å²) in [6.45, 7) is 5.08. The molecule has 31 heavy (non-hydrogen) atoms. The molecule has 6 nitrogen and oxygen atoms in total. The van der Waals surface area contributed by atoms with E-state index in [0.29, 0.717) is 17.8 Å². The minimum Gasteiger partial charge on any atom is -0.342 e. The van der Waals surface area contributed by atoms with Crippen molar-refractivity contribution in [2.75, 3.05) is 13.1 Å². The minimum absolute atomic E-state index is 0.0100. The molecule has 158 valence electrons. The van der Waals surface area contributed by atoms with Gasteiger partial charge in [-0.1, -0.05) is 12.1 Å². The van der Waals surface area contributed by atoms with Gasteiger partial charge in [0.1, 0.15) is 11.6 Å². The number of para-hydroxylation sites is 2. The zero-order valence-electron chi connectivity index (χ0n) is 17.6. The van der Waals surface area contributed by atoms with Gasteiger partial charge in [0.2, 0.25) is 0 Å². The SMILES string of the molecule is Cc1nn(-c2ccc(F)cc2)c(C)c1C(=O)N1CCCC(c2nc3ccccc3[nH]2)C1. The van der Waals surface area contributed by atoms with Gasteiger partial charge in [-0.15, -0.1) is 0 Å². The molecule has 4 aromatic rings. The van der Waals surface area contributed by atoms with Gasteiger partial charge in [-0.25, -0.2) is 14.1 Å². The molecular weight excluding hydrogens is 393 g/mol. The van der Waals surface area contributed by atoms with E-state index >= 15 is 0 Å². The highest BCUT2D eigenvalue weighted by Gasteiger charge is 2.30. The molecule has 0 aliphatic carbocycles. The van der Waals surface area contributed by atoms with E-state index in [0.717, 1.165) is 47.6 Å². The van der Waals surface area contributed by atoms with Crippen molar-refractivity contribution in [1.29, 1.82) is 0 Å². The van der Waals surface area contributed by atoms with Crippen LogP contribution >= 0.6 is 0 Å². The number of likely N-dealkylation sites (tertiary alicyclic amines) is 1. The van der Waals surface area contributed by atoms with Gasteiger partial charge in [0.05, 0.1) is 33.7 Å². The van der Waals surface area contributed by atoms with Crippen LogP contribution in [0.5, 0.6) is 0 Å². The van der Waals surface area contributed by atoms with Gasteiger partial charge < -0.3 is 9.88 Å². The lowest BCUT2D eigenvalue weighted by molar-refractivity contribution is 0.0703. The second-order valence-electron chi connectivity index (χ2n) is 8.16. The Hall–Kier alpha value is -3.48. The largest absolute Gasteiger partial charge is 0.342 e. The Kier molecular flexibility index (Phi) is 4.81. The Balaban J connectivity index is 1.41. The molecule has 1 saturated heterocycles. The number of piperidine rings is 1. The van der Waals surface area contributed by atoms with Crippen LogP contribution in [0, 0.1) is 19.7 Å². The summed E-state index contributed by atoms with van der Waals surface area (Å²) in [6, 6.07) is 14.1. The molecule has 0 bridgehead atoms. The van der Waals surface area contributed by atoms with E-state index in [1.807, 2.05) is 43.0 Å². The summed E-state index contributed by atoms with van der Waals surface area (Å²) in [7, 11) is 0. The molecule has 2 aromatic heterocycles. The number of hydrogen-bond acceptors (Lipinski definition) is 3. The van der Waals surface area contributed by atoms with Gasteiger partial charge in [0, 0.05) is 19.0 Å². The normalized spacial score (nSPS) is 16.7. The van der Waals surface area contributed by atoms with E-state index in [1.165, 1.54) is 12.1 Å². The summed E-state index contributed by atoms with van der Waals surface area (Å²) >= 11 is 0. The van der Waals surface area contributed by atoms with Crippen LogP contribution in [-0.2, 0) is 0 Å². The average molecular weight is 417 g/mol. The van der Waals surface area contributed by atoms with Gasteiger partial charge >= 0.3 is 0 Å². The van der Waals surface area contributed by atoms with Crippen LogP contribution in [0.3, 0.4) is 0 Å². The Morgan fingerprint density at radius 1 is 1.13 bits per heavy atom. The van der Waals surface area contributed by atoms with Crippen LogP contribution < -0.4 is 0 Å². The molecule has 1 atom stereocenters. The second kappa shape index (κ2) is 7.65. The number of aromatic amines is 1. The fourth-order valence-electron chi connectivity index (χ4n) is 4.49. The highest BCUT2D eigenvalue weighted by atomic mass is 19.1. The summed E-state index contributed by atoms with van der Waals surface area (Å²) in [5, 5.41) is 4.56. The van der Waals surface area contributed by atoms with Crippen LogP contribution in [0.4, 0.5) is 4.39 Å². The van der Waals surface area contributed by atoms with Gasteiger partial charge in [-0.2, -0.15) is 5.10 Å². The quantitative estimate of drug-likeness (QED) is 0.533. The number of hydrogen-bond donors (Lipinski definition) is 1. The number of fused-ring (bicyclic) bond motifs is 1. The molecule has 0 radical (unpaired) electrons. The number of nitrogens with zero attached hydrogens (tertiary/aromatic N) is 4. The molecule has 2 aromatic carbocycles. The molecule has 7 heteroatoms. The number of carbonyl (C=O) groups is 1. The molecule has 0 saturated carbocycles. The van der Waals surface area contributed by atoms with Gasteiger partial charge in [-0.05, 0) is 63.1 Å². The Morgan fingerprint density at radius 2 is 1.90 bits per heavy atom. The topological polar surface area (TPSA) is 66.8 Å². The third-order valence-corrected chi connectivity index (χ3v) is 6.08. The number of H-pyrrole nitrogens is 1. The molecule has 1 fully saturated rings. The summed E-state index contributed by atoms with van der Waals surface area (Å²) in [6.07, 6.45) is 1.92. The number of imidazole rings is 1. The second-order valence-corrected chi connectivity index (χ2v) is 8.16. The van der Waals surface area contributed by atoms with Crippen molar-refractivity contribution in [2.24, 2.45) is 0 Å². The molecule has 5 rings (SSSR count). The smallest absolute Gasteiger partial charge is 0.257 e. The predicted octanol–water partition coefficient (Wildman–Crippen LogP) is 4.52. The number of aryl methyl sites for hydroxylation is 1.